The zero-order chi connectivity index (χ0) is 23.8. The number of aromatic nitrogens is 2. The van der Waals surface area contributed by atoms with E-state index in [4.69, 9.17) is 24.6 Å². The second kappa shape index (κ2) is 11.1. The minimum atomic E-state index is -5.08. The van der Waals surface area contributed by atoms with E-state index in [1.165, 1.54) is 6.20 Å². The van der Waals surface area contributed by atoms with E-state index in [0.717, 1.165) is 38.4 Å². The topological polar surface area (TPSA) is 109 Å². The summed E-state index contributed by atoms with van der Waals surface area (Å²) in [7, 11) is 0. The van der Waals surface area contributed by atoms with E-state index in [-0.39, 0.29) is 0 Å². The van der Waals surface area contributed by atoms with Gasteiger partial charge in [-0.05, 0) is 30.5 Å². The van der Waals surface area contributed by atoms with Crippen LogP contribution in [-0.4, -0.2) is 64.5 Å². The standard InChI is InChI=1S/C20H22N4O2.C2HF3O2/c21-9-15-4-5-20(23-10-15)25-8-6-16-14-26-19-13-24(12-18(16)19)11-17-3-1-2-7-22-17;3-2(4,5)1(6)7/h1-5,7,10,16,18-19H,6,8,11-14H2;(H,6,7)/t16-,18-,19-;/m0./s1. The molecule has 2 aromatic rings. The number of aliphatic carboxylic acids is 1. The number of carbonyl (C=O) groups is 1. The van der Waals surface area contributed by atoms with Crippen LogP contribution >= 0.6 is 0 Å². The molecular weight excluding hydrogens is 441 g/mol. The summed E-state index contributed by atoms with van der Waals surface area (Å²) in [4.78, 5) is 19.9. The van der Waals surface area contributed by atoms with Gasteiger partial charge in [-0.25, -0.2) is 9.78 Å². The fourth-order valence-electron chi connectivity index (χ4n) is 3.87. The monoisotopic (exact) mass is 464 g/mol. The Labute approximate surface area is 188 Å². The number of likely N-dealkylation sites (tertiary alicyclic amines) is 1. The van der Waals surface area contributed by atoms with Crippen molar-refractivity contribution in [3.05, 3.63) is 54.0 Å². The first-order chi connectivity index (χ1) is 15.8. The fourth-order valence-corrected chi connectivity index (χ4v) is 3.87. The lowest BCUT2D eigenvalue weighted by Crippen LogP contribution is -2.25. The normalized spacial score (nSPS) is 22.1. The maximum Gasteiger partial charge on any atom is 0.490 e. The zero-order valence-corrected chi connectivity index (χ0v) is 17.6. The number of hydrogen-bond donors (Lipinski definition) is 1. The Morgan fingerprint density at radius 2 is 2.06 bits per heavy atom. The van der Waals surface area contributed by atoms with E-state index in [9.17, 15) is 13.2 Å². The fraction of sp³-hybridized carbons (Fsp3) is 0.455. The zero-order valence-electron chi connectivity index (χ0n) is 17.6. The van der Waals surface area contributed by atoms with E-state index in [1.54, 1.807) is 12.1 Å². The third-order valence-electron chi connectivity index (χ3n) is 5.47. The number of rotatable bonds is 6. The molecule has 0 radical (unpaired) electrons. The van der Waals surface area contributed by atoms with Gasteiger partial charge in [0.25, 0.3) is 0 Å². The largest absolute Gasteiger partial charge is 0.490 e. The minimum absolute atomic E-state index is 0.330. The Hall–Kier alpha value is -3.23. The molecule has 1 N–H and O–H groups in total. The maximum atomic E-state index is 10.6. The van der Waals surface area contributed by atoms with E-state index in [2.05, 4.69) is 27.0 Å². The van der Waals surface area contributed by atoms with E-state index in [1.807, 2.05) is 18.3 Å². The van der Waals surface area contributed by atoms with Crippen molar-refractivity contribution < 1.29 is 32.5 Å². The summed E-state index contributed by atoms with van der Waals surface area (Å²) < 4.78 is 43.5. The lowest BCUT2D eigenvalue weighted by atomic mass is 9.91. The summed E-state index contributed by atoms with van der Waals surface area (Å²) in [6.45, 7) is 4.36. The molecule has 0 amide bonds. The van der Waals surface area contributed by atoms with Crippen molar-refractivity contribution in [3.63, 3.8) is 0 Å². The van der Waals surface area contributed by atoms with Crippen LogP contribution in [0.5, 0.6) is 5.88 Å². The average Bonchev–Trinajstić information content (AvgIpc) is 3.35. The molecule has 2 aliphatic heterocycles. The van der Waals surface area contributed by atoms with Crippen LogP contribution in [0.1, 0.15) is 17.7 Å². The van der Waals surface area contributed by atoms with Crippen molar-refractivity contribution in [2.24, 2.45) is 11.8 Å². The highest BCUT2D eigenvalue weighted by atomic mass is 19.4. The summed E-state index contributed by atoms with van der Waals surface area (Å²) in [5.74, 6) is -1.10. The first-order valence-electron chi connectivity index (χ1n) is 10.3. The number of halogens is 3. The molecule has 2 aliphatic rings. The maximum absolute atomic E-state index is 10.6. The van der Waals surface area contributed by atoms with Gasteiger partial charge in [-0.2, -0.15) is 18.4 Å². The molecule has 2 saturated heterocycles. The van der Waals surface area contributed by atoms with Crippen LogP contribution in [-0.2, 0) is 16.1 Å². The van der Waals surface area contributed by atoms with Gasteiger partial charge in [0.1, 0.15) is 6.07 Å². The number of nitrogens with zero attached hydrogens (tertiary/aromatic N) is 4. The highest BCUT2D eigenvalue weighted by Crippen LogP contribution is 2.36. The molecule has 0 unspecified atom stereocenters. The first kappa shape index (κ1) is 24.4. The van der Waals surface area contributed by atoms with Crippen LogP contribution < -0.4 is 4.74 Å². The number of carboxylic acids is 1. The van der Waals surface area contributed by atoms with Crippen molar-refractivity contribution in [3.8, 4) is 11.9 Å². The summed E-state index contributed by atoms with van der Waals surface area (Å²) in [5.41, 5.74) is 1.66. The second-order valence-corrected chi connectivity index (χ2v) is 7.75. The molecule has 4 heterocycles. The number of alkyl halides is 3. The SMILES string of the molecule is N#Cc1ccc(OCC[C@H]2CO[C@H]3CN(Cc4ccccn4)C[C@@H]23)nc1.O=C(O)C(F)(F)F. The van der Waals surface area contributed by atoms with Gasteiger partial charge in [-0.1, -0.05) is 6.07 Å². The van der Waals surface area contributed by atoms with Crippen molar-refractivity contribution in [2.45, 2.75) is 25.2 Å². The van der Waals surface area contributed by atoms with Crippen molar-refractivity contribution in [2.75, 3.05) is 26.3 Å². The molecule has 176 valence electrons. The summed E-state index contributed by atoms with van der Waals surface area (Å²) in [6, 6.07) is 11.6. The van der Waals surface area contributed by atoms with Gasteiger partial charge < -0.3 is 14.6 Å². The van der Waals surface area contributed by atoms with E-state index in [0.29, 0.717) is 36.0 Å². The van der Waals surface area contributed by atoms with Crippen LogP contribution in [0.4, 0.5) is 13.2 Å². The molecule has 8 nitrogen and oxygen atoms in total. The molecule has 0 bridgehead atoms. The smallest absolute Gasteiger partial charge is 0.478 e. The van der Waals surface area contributed by atoms with Crippen molar-refractivity contribution in [1.82, 2.24) is 14.9 Å². The Balaban J connectivity index is 0.000000383. The molecule has 2 fully saturated rings. The van der Waals surface area contributed by atoms with Gasteiger partial charge in [0, 0.05) is 44.0 Å². The summed E-state index contributed by atoms with van der Waals surface area (Å²) in [6.07, 6.45) is -0.409. The van der Waals surface area contributed by atoms with E-state index < -0.39 is 12.1 Å². The second-order valence-electron chi connectivity index (χ2n) is 7.75. The van der Waals surface area contributed by atoms with Crippen LogP contribution in [0, 0.1) is 23.2 Å². The third kappa shape index (κ3) is 7.13. The number of ether oxygens (including phenoxy) is 2. The lowest BCUT2D eigenvalue weighted by molar-refractivity contribution is -0.192. The van der Waals surface area contributed by atoms with E-state index >= 15 is 0 Å². The molecule has 0 aliphatic carbocycles. The van der Waals surface area contributed by atoms with Crippen molar-refractivity contribution >= 4 is 5.97 Å². The summed E-state index contributed by atoms with van der Waals surface area (Å²) >= 11 is 0. The lowest BCUT2D eigenvalue weighted by Gasteiger charge is -2.19. The highest BCUT2D eigenvalue weighted by Gasteiger charge is 2.43. The molecule has 11 heteroatoms. The Bertz CT molecular complexity index is 951. The number of nitriles is 1. The Kier molecular flexibility index (Phi) is 8.19. The quantitative estimate of drug-likeness (QED) is 0.695. The van der Waals surface area contributed by atoms with Crippen LogP contribution in [0.2, 0.25) is 0 Å². The number of carboxylic acid groups (broad SMARTS) is 1. The molecule has 4 rings (SSSR count). The first-order valence-corrected chi connectivity index (χ1v) is 10.3. The molecule has 0 spiro atoms. The predicted octanol–water partition coefficient (Wildman–Crippen LogP) is 2.90. The number of fused-ring (bicyclic) bond motifs is 1. The van der Waals surface area contributed by atoms with Gasteiger partial charge >= 0.3 is 12.1 Å². The Morgan fingerprint density at radius 1 is 1.27 bits per heavy atom. The Morgan fingerprint density at radius 3 is 2.67 bits per heavy atom. The van der Waals surface area contributed by atoms with Gasteiger partial charge in [0.05, 0.1) is 30.6 Å². The molecular formula is C22H23F3N4O4. The minimum Gasteiger partial charge on any atom is -0.478 e. The van der Waals surface area contributed by atoms with Gasteiger partial charge in [0.2, 0.25) is 5.88 Å². The van der Waals surface area contributed by atoms with Crippen LogP contribution in [0.3, 0.4) is 0 Å². The molecule has 0 saturated carbocycles. The van der Waals surface area contributed by atoms with Crippen LogP contribution in [0.15, 0.2) is 42.7 Å². The van der Waals surface area contributed by atoms with Crippen LogP contribution in [0.25, 0.3) is 0 Å². The van der Waals surface area contributed by atoms with Gasteiger partial charge in [-0.15, -0.1) is 0 Å². The highest BCUT2D eigenvalue weighted by molar-refractivity contribution is 5.73. The van der Waals surface area contributed by atoms with Gasteiger partial charge in [0.15, 0.2) is 0 Å². The van der Waals surface area contributed by atoms with Gasteiger partial charge in [-0.3, -0.25) is 9.88 Å². The number of pyridine rings is 2. The molecule has 3 atom stereocenters. The molecule has 33 heavy (non-hydrogen) atoms. The average molecular weight is 464 g/mol. The van der Waals surface area contributed by atoms with Crippen molar-refractivity contribution in [1.29, 1.82) is 5.26 Å². The predicted molar refractivity (Wildman–Crippen MR) is 109 cm³/mol. The third-order valence-corrected chi connectivity index (χ3v) is 5.47. The summed E-state index contributed by atoms with van der Waals surface area (Å²) in [5, 5.41) is 15.9. The molecule has 2 aromatic heterocycles. The number of hydrogen-bond acceptors (Lipinski definition) is 7. The molecule has 0 aromatic carbocycles.